The molecule has 1 saturated carbocycles. The van der Waals surface area contributed by atoms with E-state index >= 15 is 0 Å². The first-order chi connectivity index (χ1) is 17.3. The van der Waals surface area contributed by atoms with Crippen LogP contribution in [0.25, 0.3) is 16.8 Å². The van der Waals surface area contributed by atoms with Gasteiger partial charge in [-0.2, -0.15) is 0 Å². The van der Waals surface area contributed by atoms with Gasteiger partial charge in [0.1, 0.15) is 5.82 Å². The summed E-state index contributed by atoms with van der Waals surface area (Å²) in [5.74, 6) is 1.46. The summed E-state index contributed by atoms with van der Waals surface area (Å²) in [7, 11) is -5.70. The van der Waals surface area contributed by atoms with E-state index in [2.05, 4.69) is 56.0 Å². The van der Waals surface area contributed by atoms with E-state index in [4.69, 9.17) is 4.43 Å². The summed E-state index contributed by atoms with van der Waals surface area (Å²) in [6.07, 6.45) is 6.28. The molecular formula is C27H37N5O3SSi. The highest BCUT2D eigenvalue weighted by Gasteiger charge is 2.44. The molecule has 1 aliphatic rings. The number of nitrogens with zero attached hydrogens (tertiary/aromatic N) is 5. The molecule has 10 heteroatoms. The van der Waals surface area contributed by atoms with Crippen molar-refractivity contribution in [1.29, 1.82) is 0 Å². The van der Waals surface area contributed by atoms with Crippen LogP contribution in [-0.2, 0) is 14.4 Å². The van der Waals surface area contributed by atoms with Crippen molar-refractivity contribution in [2.75, 3.05) is 0 Å². The van der Waals surface area contributed by atoms with Crippen LogP contribution in [-0.4, -0.2) is 46.4 Å². The van der Waals surface area contributed by atoms with E-state index in [1.165, 1.54) is 3.97 Å². The van der Waals surface area contributed by atoms with E-state index in [1.807, 2.05) is 11.3 Å². The van der Waals surface area contributed by atoms with Crippen molar-refractivity contribution in [3.8, 4) is 0 Å². The Hall–Kier alpha value is -2.56. The Morgan fingerprint density at radius 2 is 1.78 bits per heavy atom. The molecule has 3 heterocycles. The topological polar surface area (TPSA) is 91.4 Å². The number of hydrogen-bond acceptors (Lipinski definition) is 6. The first kappa shape index (κ1) is 26.1. The Morgan fingerprint density at radius 3 is 2.43 bits per heavy atom. The van der Waals surface area contributed by atoms with Crippen LogP contribution in [0.15, 0.2) is 47.6 Å². The SMILES string of the molecule is CC[C@@H]1C[C@H](O[Si](C)(C)C(C)(C)C)C[C@@H]1c1nnc2cnc3c(ccn3S(=O)(=O)c3ccc(C)cc3)n12. The van der Waals surface area contributed by atoms with E-state index in [0.717, 1.165) is 30.7 Å². The molecule has 0 radical (unpaired) electrons. The standard InChI is InChI=1S/C27H37N5O3SSi/c1-8-19-15-20(35-37(6,7)27(3,4)5)16-22(19)25-30-29-24-17-28-26-23(32(24)25)13-14-31(26)36(33,34)21-11-9-18(2)10-12-21/h9-14,17,19-20,22H,8,15-16H2,1-7H3/t19-,20+,22+/m1/s1. The maximum atomic E-state index is 13.5. The van der Waals surface area contributed by atoms with Crippen molar-refractivity contribution < 1.29 is 12.8 Å². The number of hydrogen-bond donors (Lipinski definition) is 0. The van der Waals surface area contributed by atoms with Crippen LogP contribution in [0, 0.1) is 12.8 Å². The molecule has 8 nitrogen and oxygen atoms in total. The van der Waals surface area contributed by atoms with E-state index in [-0.39, 0.29) is 22.0 Å². The van der Waals surface area contributed by atoms with Crippen LogP contribution in [0.2, 0.25) is 18.1 Å². The molecule has 0 saturated heterocycles. The zero-order valence-electron chi connectivity index (χ0n) is 22.8. The molecule has 3 aromatic heterocycles. The summed E-state index contributed by atoms with van der Waals surface area (Å²) in [4.78, 5) is 4.72. The van der Waals surface area contributed by atoms with Gasteiger partial charge < -0.3 is 4.43 Å². The fourth-order valence-electron chi connectivity index (χ4n) is 5.24. The predicted octanol–water partition coefficient (Wildman–Crippen LogP) is 5.92. The minimum Gasteiger partial charge on any atom is -0.414 e. The number of aromatic nitrogens is 5. The normalized spacial score (nSPS) is 21.3. The third-order valence-electron chi connectivity index (χ3n) is 8.41. The first-order valence-corrected chi connectivity index (χ1v) is 17.4. The van der Waals surface area contributed by atoms with Gasteiger partial charge in [-0.3, -0.25) is 4.40 Å². The molecule has 0 aliphatic heterocycles. The van der Waals surface area contributed by atoms with Crippen LogP contribution in [0.1, 0.15) is 64.3 Å². The van der Waals surface area contributed by atoms with E-state index in [0.29, 0.717) is 22.7 Å². The maximum Gasteiger partial charge on any atom is 0.269 e. The van der Waals surface area contributed by atoms with Crippen LogP contribution in [0.3, 0.4) is 0 Å². The molecule has 4 aromatic rings. The molecule has 0 bridgehead atoms. The molecule has 1 aromatic carbocycles. The van der Waals surface area contributed by atoms with Gasteiger partial charge in [-0.1, -0.05) is 51.8 Å². The second kappa shape index (κ2) is 9.02. The molecule has 1 aliphatic carbocycles. The van der Waals surface area contributed by atoms with Gasteiger partial charge in [0.25, 0.3) is 10.0 Å². The zero-order chi connectivity index (χ0) is 26.8. The van der Waals surface area contributed by atoms with Crippen molar-refractivity contribution in [3.05, 3.63) is 54.1 Å². The summed E-state index contributed by atoms with van der Waals surface area (Å²) < 4.78 is 37.0. The maximum absolute atomic E-state index is 13.5. The monoisotopic (exact) mass is 539 g/mol. The van der Waals surface area contributed by atoms with Crippen molar-refractivity contribution in [1.82, 2.24) is 23.6 Å². The highest BCUT2D eigenvalue weighted by molar-refractivity contribution is 7.90. The lowest BCUT2D eigenvalue weighted by Crippen LogP contribution is -2.43. The smallest absolute Gasteiger partial charge is 0.269 e. The second-order valence-electron chi connectivity index (χ2n) is 11.9. The number of aryl methyl sites for hydroxylation is 1. The highest BCUT2D eigenvalue weighted by Crippen LogP contribution is 2.46. The third-order valence-corrected chi connectivity index (χ3v) is 14.6. The van der Waals surface area contributed by atoms with E-state index in [9.17, 15) is 8.42 Å². The average molecular weight is 540 g/mol. The van der Waals surface area contributed by atoms with Gasteiger partial charge in [0, 0.05) is 18.2 Å². The number of fused-ring (bicyclic) bond motifs is 3. The van der Waals surface area contributed by atoms with Crippen molar-refractivity contribution in [2.45, 2.75) is 88.9 Å². The quantitative estimate of drug-likeness (QED) is 0.283. The summed E-state index contributed by atoms with van der Waals surface area (Å²) in [6, 6.07) is 8.66. The molecule has 37 heavy (non-hydrogen) atoms. The fraction of sp³-hybridized carbons (Fsp3) is 0.519. The lowest BCUT2D eigenvalue weighted by molar-refractivity contribution is 0.182. The lowest BCUT2D eigenvalue weighted by atomic mass is 9.93. The molecule has 0 amide bonds. The average Bonchev–Trinajstić information content (AvgIpc) is 3.53. The minimum absolute atomic E-state index is 0.151. The Balaban J connectivity index is 1.55. The predicted molar refractivity (Wildman–Crippen MR) is 148 cm³/mol. The van der Waals surface area contributed by atoms with E-state index in [1.54, 1.807) is 42.7 Å². The molecule has 3 atom stereocenters. The fourth-order valence-corrected chi connectivity index (χ4v) is 7.92. The van der Waals surface area contributed by atoms with Crippen LogP contribution >= 0.6 is 0 Å². The van der Waals surface area contributed by atoms with Crippen LogP contribution in [0.4, 0.5) is 0 Å². The lowest BCUT2D eigenvalue weighted by Gasteiger charge is -2.38. The van der Waals surface area contributed by atoms with Gasteiger partial charge in [0.15, 0.2) is 19.6 Å². The Bertz CT molecular complexity index is 1550. The number of rotatable bonds is 6. The summed E-state index contributed by atoms with van der Waals surface area (Å²) in [6.45, 7) is 15.6. The zero-order valence-corrected chi connectivity index (χ0v) is 24.6. The van der Waals surface area contributed by atoms with Crippen molar-refractivity contribution in [3.63, 3.8) is 0 Å². The van der Waals surface area contributed by atoms with Gasteiger partial charge in [-0.25, -0.2) is 17.4 Å². The second-order valence-corrected chi connectivity index (χ2v) is 18.5. The molecule has 5 rings (SSSR count). The summed E-state index contributed by atoms with van der Waals surface area (Å²) >= 11 is 0. The molecular weight excluding hydrogens is 502 g/mol. The Labute approximate surface area is 220 Å². The highest BCUT2D eigenvalue weighted by atomic mass is 32.2. The Morgan fingerprint density at radius 1 is 1.08 bits per heavy atom. The summed E-state index contributed by atoms with van der Waals surface area (Å²) in [5, 5.41) is 9.19. The van der Waals surface area contributed by atoms with Crippen LogP contribution in [0.5, 0.6) is 0 Å². The van der Waals surface area contributed by atoms with Gasteiger partial charge in [-0.05, 0) is 62.0 Å². The van der Waals surface area contributed by atoms with E-state index < -0.39 is 18.3 Å². The third kappa shape index (κ3) is 4.42. The van der Waals surface area contributed by atoms with Gasteiger partial charge in [0.05, 0.1) is 16.6 Å². The minimum atomic E-state index is -3.80. The van der Waals surface area contributed by atoms with Crippen molar-refractivity contribution in [2.24, 2.45) is 5.92 Å². The summed E-state index contributed by atoms with van der Waals surface area (Å²) in [5.41, 5.74) is 2.69. The first-order valence-electron chi connectivity index (χ1n) is 13.0. The molecule has 0 unspecified atom stereocenters. The van der Waals surface area contributed by atoms with Crippen LogP contribution < -0.4 is 0 Å². The largest absolute Gasteiger partial charge is 0.414 e. The Kier molecular flexibility index (Phi) is 6.36. The molecule has 0 N–H and O–H groups in total. The van der Waals surface area contributed by atoms with Gasteiger partial charge in [0.2, 0.25) is 0 Å². The molecule has 1 fully saturated rings. The van der Waals surface area contributed by atoms with Gasteiger partial charge in [-0.15, -0.1) is 10.2 Å². The molecule has 198 valence electrons. The number of benzene rings is 1. The molecule has 0 spiro atoms. The van der Waals surface area contributed by atoms with Gasteiger partial charge >= 0.3 is 0 Å². The van der Waals surface area contributed by atoms with Crippen molar-refractivity contribution >= 4 is 35.2 Å².